The molecule has 0 fully saturated rings. The summed E-state index contributed by atoms with van der Waals surface area (Å²) in [6.07, 6.45) is 8.08. The van der Waals surface area contributed by atoms with Gasteiger partial charge in [-0.05, 0) is 57.3 Å². The van der Waals surface area contributed by atoms with Crippen molar-refractivity contribution in [2.45, 2.75) is 19.4 Å². The predicted octanol–water partition coefficient (Wildman–Crippen LogP) is 3.20. The lowest BCUT2D eigenvalue weighted by Crippen LogP contribution is -2.19. The Balaban J connectivity index is 1.65. The summed E-state index contributed by atoms with van der Waals surface area (Å²) in [6, 6.07) is 8.32. The molecule has 0 saturated heterocycles. The molecule has 1 atom stereocenters. The molecule has 2 aromatic carbocycles. The van der Waals surface area contributed by atoms with Gasteiger partial charge in [0.05, 0.1) is 0 Å². The average Bonchev–Trinajstić information content (AvgIpc) is 3.31. The minimum atomic E-state index is -1.46. The molecular formula is C23H16O6. The van der Waals surface area contributed by atoms with Gasteiger partial charge in [-0.15, -0.1) is 0 Å². The van der Waals surface area contributed by atoms with E-state index in [1.54, 1.807) is 0 Å². The number of fused-ring (bicyclic) bond motifs is 5. The predicted molar refractivity (Wildman–Crippen MR) is 107 cm³/mol. The summed E-state index contributed by atoms with van der Waals surface area (Å²) in [5, 5.41) is 13.7. The maximum atomic E-state index is 11.4. The van der Waals surface area contributed by atoms with Gasteiger partial charge < -0.3 is 18.7 Å². The van der Waals surface area contributed by atoms with Gasteiger partial charge in [0.2, 0.25) is 0 Å². The number of carbonyl (C=O) groups is 1. The zero-order chi connectivity index (χ0) is 20.1. The van der Waals surface area contributed by atoms with E-state index in [4.69, 9.17) is 13.6 Å². The Morgan fingerprint density at radius 3 is 2.69 bits per heavy atom. The van der Waals surface area contributed by atoms with Crippen LogP contribution in [0.1, 0.15) is 28.8 Å². The van der Waals surface area contributed by atoms with Crippen molar-refractivity contribution in [3.8, 4) is 0 Å². The van der Waals surface area contributed by atoms with Crippen molar-refractivity contribution in [1.82, 2.24) is 0 Å². The average molecular weight is 388 g/mol. The molecule has 1 N–H and O–H groups in total. The van der Waals surface area contributed by atoms with Crippen molar-refractivity contribution >= 4 is 35.2 Å². The third-order valence-electron chi connectivity index (χ3n) is 5.36. The fraction of sp³-hybridized carbons (Fsp3) is 0.130. The monoisotopic (exact) mass is 388 g/mol. The fourth-order valence-electron chi connectivity index (χ4n) is 4.08. The molecule has 0 amide bonds. The lowest BCUT2D eigenvalue weighted by atomic mass is 9.90. The van der Waals surface area contributed by atoms with E-state index in [9.17, 15) is 14.7 Å². The first kappa shape index (κ1) is 17.3. The number of benzene rings is 2. The first-order valence-electron chi connectivity index (χ1n) is 9.16. The quantitative estimate of drug-likeness (QED) is 0.693. The molecular weight excluding hydrogens is 372 g/mol. The second-order valence-corrected chi connectivity index (χ2v) is 7.01. The van der Waals surface area contributed by atoms with Crippen LogP contribution in [0.3, 0.4) is 0 Å². The van der Waals surface area contributed by atoms with Crippen LogP contribution in [0.4, 0.5) is 4.79 Å². The lowest BCUT2D eigenvalue weighted by molar-refractivity contribution is 0.0577. The highest BCUT2D eigenvalue weighted by Crippen LogP contribution is 2.32. The maximum Gasteiger partial charge on any atom is 0.519 e. The van der Waals surface area contributed by atoms with E-state index in [2.05, 4.69) is 30.4 Å². The van der Waals surface area contributed by atoms with Crippen LogP contribution < -0.4 is 16.3 Å². The van der Waals surface area contributed by atoms with E-state index in [0.717, 1.165) is 16.2 Å². The van der Waals surface area contributed by atoms with Crippen LogP contribution >= 0.6 is 0 Å². The van der Waals surface area contributed by atoms with Crippen LogP contribution in [-0.4, -0.2) is 11.3 Å². The minimum absolute atomic E-state index is 0.0580. The molecule has 2 aliphatic carbocycles. The number of ether oxygens (including phenoxy) is 1. The Bertz CT molecular complexity index is 1410. The van der Waals surface area contributed by atoms with Crippen LogP contribution in [0.5, 0.6) is 0 Å². The molecule has 5 rings (SSSR count). The smallest absolute Gasteiger partial charge is 0.450 e. The van der Waals surface area contributed by atoms with E-state index >= 15 is 0 Å². The lowest BCUT2D eigenvalue weighted by Gasteiger charge is -2.19. The summed E-state index contributed by atoms with van der Waals surface area (Å²) >= 11 is 0. The Labute approximate surface area is 164 Å². The van der Waals surface area contributed by atoms with E-state index in [1.807, 2.05) is 24.3 Å². The van der Waals surface area contributed by atoms with E-state index in [-0.39, 0.29) is 11.5 Å². The molecule has 2 aliphatic rings. The molecule has 3 aromatic rings. The Morgan fingerprint density at radius 2 is 1.93 bits per heavy atom. The normalized spacial score (nSPS) is 15.1. The van der Waals surface area contributed by atoms with Crippen LogP contribution in [0, 0.1) is 6.92 Å². The van der Waals surface area contributed by atoms with Crippen molar-refractivity contribution in [2.75, 3.05) is 0 Å². The first-order chi connectivity index (χ1) is 14.0. The van der Waals surface area contributed by atoms with Gasteiger partial charge in [-0.3, -0.25) is 0 Å². The SMILES string of the molecule is Cc1oc(=O)oc1C(OC(=O)O)C1=CCc2c(ccc3c4c(ccc23)=CC=C4)=C1. The van der Waals surface area contributed by atoms with Gasteiger partial charge in [-0.2, -0.15) is 0 Å². The zero-order valence-electron chi connectivity index (χ0n) is 15.5. The molecule has 0 bridgehead atoms. The Hall–Kier alpha value is -3.80. The third kappa shape index (κ3) is 2.81. The number of carboxylic acid groups (broad SMARTS) is 1. The number of allylic oxidation sites excluding steroid dienone is 2. The minimum Gasteiger partial charge on any atom is -0.450 e. The van der Waals surface area contributed by atoms with Crippen molar-refractivity contribution in [3.05, 3.63) is 85.7 Å². The number of hydrogen-bond acceptors (Lipinski definition) is 5. The highest BCUT2D eigenvalue weighted by atomic mass is 16.7. The van der Waals surface area contributed by atoms with Gasteiger partial charge in [-0.25, -0.2) is 9.59 Å². The fourth-order valence-corrected chi connectivity index (χ4v) is 4.08. The summed E-state index contributed by atoms with van der Waals surface area (Å²) in [5.74, 6) is -0.640. The topological polar surface area (TPSA) is 89.9 Å². The molecule has 6 nitrogen and oxygen atoms in total. The van der Waals surface area contributed by atoms with Gasteiger partial charge in [0.25, 0.3) is 0 Å². The summed E-state index contributed by atoms with van der Waals surface area (Å²) in [5.41, 5.74) is 2.97. The summed E-state index contributed by atoms with van der Waals surface area (Å²) in [7, 11) is 0. The molecule has 0 radical (unpaired) electrons. The second kappa shape index (κ2) is 6.38. The van der Waals surface area contributed by atoms with E-state index in [1.165, 1.54) is 23.1 Å². The molecule has 0 spiro atoms. The van der Waals surface area contributed by atoms with Crippen molar-refractivity contribution in [3.63, 3.8) is 0 Å². The molecule has 29 heavy (non-hydrogen) atoms. The highest BCUT2D eigenvalue weighted by molar-refractivity contribution is 5.96. The zero-order valence-corrected chi connectivity index (χ0v) is 15.5. The van der Waals surface area contributed by atoms with Crippen LogP contribution in [0.25, 0.3) is 29.0 Å². The van der Waals surface area contributed by atoms with Crippen LogP contribution in [0.15, 0.2) is 55.6 Å². The molecule has 1 unspecified atom stereocenters. The summed E-state index contributed by atoms with van der Waals surface area (Å²) in [6.45, 7) is 1.54. The van der Waals surface area contributed by atoms with Crippen molar-refractivity contribution in [1.29, 1.82) is 0 Å². The van der Waals surface area contributed by atoms with Crippen LogP contribution in [0.2, 0.25) is 0 Å². The van der Waals surface area contributed by atoms with Crippen molar-refractivity contribution < 1.29 is 23.5 Å². The summed E-state index contributed by atoms with van der Waals surface area (Å²) in [4.78, 5) is 22.7. The van der Waals surface area contributed by atoms with Gasteiger partial charge in [0.1, 0.15) is 0 Å². The third-order valence-corrected chi connectivity index (χ3v) is 5.36. The summed E-state index contributed by atoms with van der Waals surface area (Å²) < 4.78 is 15.0. The Kier molecular flexibility index (Phi) is 3.81. The molecule has 0 saturated carbocycles. The van der Waals surface area contributed by atoms with E-state index < -0.39 is 18.1 Å². The van der Waals surface area contributed by atoms with Gasteiger partial charge in [0, 0.05) is 0 Å². The van der Waals surface area contributed by atoms with Gasteiger partial charge in [-0.1, -0.05) is 48.6 Å². The molecule has 0 aliphatic heterocycles. The largest absolute Gasteiger partial charge is 0.519 e. The molecule has 1 heterocycles. The Morgan fingerprint density at radius 1 is 1.14 bits per heavy atom. The number of rotatable bonds is 3. The van der Waals surface area contributed by atoms with Crippen LogP contribution in [-0.2, 0) is 11.2 Å². The standard InChI is InChI=1S/C23H16O6/c1-12-20(29-23(26)27-12)21(28-22(24)25)15-7-8-17-14(11-15)6-10-18-16-4-2-3-13(16)5-9-19(17)18/h2-7,9-11,21H,8H2,1H3,(H,24,25). The van der Waals surface area contributed by atoms with Gasteiger partial charge in [0.15, 0.2) is 17.6 Å². The molecule has 6 heteroatoms. The van der Waals surface area contributed by atoms with E-state index in [0.29, 0.717) is 12.0 Å². The molecule has 144 valence electrons. The van der Waals surface area contributed by atoms with Crippen molar-refractivity contribution in [2.24, 2.45) is 0 Å². The number of aryl methyl sites for hydroxylation is 1. The van der Waals surface area contributed by atoms with Gasteiger partial charge >= 0.3 is 12.0 Å². The first-order valence-corrected chi connectivity index (χ1v) is 9.16. The maximum absolute atomic E-state index is 11.4. The highest BCUT2D eigenvalue weighted by Gasteiger charge is 2.28. The molecule has 1 aromatic heterocycles. The second-order valence-electron chi connectivity index (χ2n) is 7.01. The number of hydrogen-bond donors (Lipinski definition) is 1.